The number of amides is 1. The van der Waals surface area contributed by atoms with E-state index in [1.807, 2.05) is 12.3 Å². The number of hydrogen-bond acceptors (Lipinski definition) is 3. The first-order valence-corrected chi connectivity index (χ1v) is 4.60. The molecule has 1 amide bonds. The van der Waals surface area contributed by atoms with Crippen LogP contribution < -0.4 is 5.32 Å². The van der Waals surface area contributed by atoms with Crippen LogP contribution >= 0.6 is 0 Å². The van der Waals surface area contributed by atoms with Gasteiger partial charge in [0.05, 0.1) is 6.61 Å². The van der Waals surface area contributed by atoms with Crippen molar-refractivity contribution in [2.45, 2.75) is 25.9 Å². The minimum Gasteiger partial charge on any atom is -0.394 e. The summed E-state index contributed by atoms with van der Waals surface area (Å²) < 4.78 is 1.70. The van der Waals surface area contributed by atoms with Gasteiger partial charge in [0, 0.05) is 31.4 Å². The van der Waals surface area contributed by atoms with Gasteiger partial charge in [0.2, 0.25) is 5.91 Å². The zero-order chi connectivity index (χ0) is 10.4. The van der Waals surface area contributed by atoms with E-state index in [2.05, 4.69) is 10.4 Å². The second-order valence-corrected chi connectivity index (χ2v) is 3.17. The van der Waals surface area contributed by atoms with Gasteiger partial charge >= 0.3 is 0 Å². The van der Waals surface area contributed by atoms with Gasteiger partial charge in [0.1, 0.15) is 0 Å². The van der Waals surface area contributed by atoms with Crippen molar-refractivity contribution in [3.8, 4) is 0 Å². The zero-order valence-electron chi connectivity index (χ0n) is 8.18. The summed E-state index contributed by atoms with van der Waals surface area (Å²) in [5.41, 5.74) is 0. The largest absolute Gasteiger partial charge is 0.394 e. The molecule has 0 aliphatic heterocycles. The van der Waals surface area contributed by atoms with E-state index >= 15 is 0 Å². The molecule has 0 bridgehead atoms. The molecule has 1 aromatic rings. The molecular weight excluding hydrogens is 182 g/mol. The van der Waals surface area contributed by atoms with Crippen LogP contribution in [0.25, 0.3) is 0 Å². The highest BCUT2D eigenvalue weighted by Gasteiger charge is 2.05. The Bertz CT molecular complexity index is 272. The number of carbonyl (C=O) groups is 1. The first-order valence-electron chi connectivity index (χ1n) is 4.60. The van der Waals surface area contributed by atoms with Crippen molar-refractivity contribution in [1.82, 2.24) is 15.1 Å². The van der Waals surface area contributed by atoms with E-state index in [9.17, 15) is 4.79 Å². The lowest BCUT2D eigenvalue weighted by molar-refractivity contribution is -0.122. The average Bonchev–Trinajstić information content (AvgIpc) is 2.67. The minimum absolute atomic E-state index is 0.0342. The summed E-state index contributed by atoms with van der Waals surface area (Å²) in [6, 6.07) is 1.63. The van der Waals surface area contributed by atoms with Crippen molar-refractivity contribution in [3.05, 3.63) is 18.5 Å². The van der Waals surface area contributed by atoms with Crippen molar-refractivity contribution >= 4 is 5.91 Å². The van der Waals surface area contributed by atoms with Crippen LogP contribution in [0.3, 0.4) is 0 Å². The number of aliphatic hydroxyl groups excluding tert-OH is 1. The van der Waals surface area contributed by atoms with E-state index in [0.29, 0.717) is 13.0 Å². The molecule has 1 atom stereocenters. The van der Waals surface area contributed by atoms with Crippen LogP contribution in [0, 0.1) is 0 Å². The van der Waals surface area contributed by atoms with Gasteiger partial charge in [-0.2, -0.15) is 5.10 Å². The molecule has 2 N–H and O–H groups in total. The van der Waals surface area contributed by atoms with E-state index in [4.69, 9.17) is 5.11 Å². The smallest absolute Gasteiger partial charge is 0.222 e. The number of aliphatic hydroxyl groups is 1. The van der Waals surface area contributed by atoms with Crippen LogP contribution in [0.2, 0.25) is 0 Å². The van der Waals surface area contributed by atoms with Crippen LogP contribution in [-0.2, 0) is 11.3 Å². The maximum Gasteiger partial charge on any atom is 0.222 e. The first-order chi connectivity index (χ1) is 6.72. The quantitative estimate of drug-likeness (QED) is 0.685. The molecule has 0 fully saturated rings. The number of nitrogens with zero attached hydrogens (tertiary/aromatic N) is 2. The van der Waals surface area contributed by atoms with Crippen LogP contribution in [0.15, 0.2) is 18.5 Å². The summed E-state index contributed by atoms with van der Waals surface area (Å²) in [5.74, 6) is -0.0675. The lowest BCUT2D eigenvalue weighted by atomic mass is 10.3. The van der Waals surface area contributed by atoms with Crippen molar-refractivity contribution in [2.24, 2.45) is 0 Å². The molecule has 0 saturated carbocycles. The molecular formula is C9H15N3O2. The van der Waals surface area contributed by atoms with Crippen molar-refractivity contribution in [1.29, 1.82) is 0 Å². The highest BCUT2D eigenvalue weighted by Crippen LogP contribution is 1.90. The zero-order valence-corrected chi connectivity index (χ0v) is 8.18. The highest BCUT2D eigenvalue weighted by atomic mass is 16.3. The van der Waals surface area contributed by atoms with E-state index in [-0.39, 0.29) is 18.6 Å². The topological polar surface area (TPSA) is 67.2 Å². The third-order valence-corrected chi connectivity index (χ3v) is 1.81. The summed E-state index contributed by atoms with van der Waals surface area (Å²) in [6.45, 7) is 2.29. The molecule has 0 radical (unpaired) electrons. The molecule has 1 heterocycles. The number of aryl methyl sites for hydroxylation is 1. The molecule has 5 nitrogen and oxygen atoms in total. The Morgan fingerprint density at radius 3 is 3.07 bits per heavy atom. The van der Waals surface area contributed by atoms with Crippen LogP contribution in [0.4, 0.5) is 0 Å². The summed E-state index contributed by atoms with van der Waals surface area (Å²) in [5, 5.41) is 15.3. The van der Waals surface area contributed by atoms with Gasteiger partial charge in [0.25, 0.3) is 0 Å². The van der Waals surface area contributed by atoms with E-state index in [0.717, 1.165) is 0 Å². The second-order valence-electron chi connectivity index (χ2n) is 3.17. The standard InChI is InChI=1S/C9H15N3O2/c1-8(7-13)11-9(14)3-6-12-5-2-4-10-12/h2,4-5,8,13H,3,6-7H2,1H3,(H,11,14). The summed E-state index contributed by atoms with van der Waals surface area (Å²) in [6.07, 6.45) is 3.86. The third kappa shape index (κ3) is 3.57. The fourth-order valence-electron chi connectivity index (χ4n) is 1.04. The Labute approximate surface area is 82.7 Å². The fourth-order valence-corrected chi connectivity index (χ4v) is 1.04. The van der Waals surface area contributed by atoms with Crippen LogP contribution in [0.5, 0.6) is 0 Å². The monoisotopic (exact) mass is 197 g/mol. The van der Waals surface area contributed by atoms with Crippen LogP contribution in [-0.4, -0.2) is 33.4 Å². The maximum atomic E-state index is 11.2. The molecule has 0 spiro atoms. The summed E-state index contributed by atoms with van der Waals surface area (Å²) in [4.78, 5) is 11.2. The normalized spacial score (nSPS) is 12.4. The summed E-state index contributed by atoms with van der Waals surface area (Å²) >= 11 is 0. The fraction of sp³-hybridized carbons (Fsp3) is 0.556. The molecule has 78 valence electrons. The van der Waals surface area contributed by atoms with Crippen molar-refractivity contribution in [2.75, 3.05) is 6.61 Å². The van der Waals surface area contributed by atoms with Crippen LogP contribution in [0.1, 0.15) is 13.3 Å². The first kappa shape index (κ1) is 10.7. The number of nitrogens with one attached hydrogen (secondary N) is 1. The Hall–Kier alpha value is -1.36. The number of aromatic nitrogens is 2. The van der Waals surface area contributed by atoms with E-state index < -0.39 is 0 Å². The van der Waals surface area contributed by atoms with Gasteiger partial charge < -0.3 is 10.4 Å². The average molecular weight is 197 g/mol. The molecule has 0 saturated heterocycles. The molecule has 1 aromatic heterocycles. The molecule has 1 unspecified atom stereocenters. The number of carbonyl (C=O) groups excluding carboxylic acids is 1. The maximum absolute atomic E-state index is 11.2. The van der Waals surface area contributed by atoms with Gasteiger partial charge in [-0.1, -0.05) is 0 Å². The Balaban J connectivity index is 2.22. The van der Waals surface area contributed by atoms with Gasteiger partial charge in [-0.05, 0) is 13.0 Å². The van der Waals surface area contributed by atoms with E-state index in [1.165, 1.54) is 0 Å². The Morgan fingerprint density at radius 2 is 2.50 bits per heavy atom. The summed E-state index contributed by atoms with van der Waals surface area (Å²) in [7, 11) is 0. The molecule has 0 aromatic carbocycles. The van der Waals surface area contributed by atoms with Crippen molar-refractivity contribution < 1.29 is 9.90 Å². The molecule has 5 heteroatoms. The lowest BCUT2D eigenvalue weighted by Crippen LogP contribution is -2.35. The van der Waals surface area contributed by atoms with Gasteiger partial charge in [-0.15, -0.1) is 0 Å². The SMILES string of the molecule is CC(CO)NC(=O)CCn1cccn1. The van der Waals surface area contributed by atoms with Gasteiger partial charge in [0.15, 0.2) is 0 Å². The lowest BCUT2D eigenvalue weighted by Gasteiger charge is -2.10. The van der Waals surface area contributed by atoms with Gasteiger partial charge in [-0.25, -0.2) is 0 Å². The second kappa shape index (κ2) is 5.39. The number of rotatable bonds is 5. The Kier molecular flexibility index (Phi) is 4.12. The van der Waals surface area contributed by atoms with E-state index in [1.54, 1.807) is 17.8 Å². The molecule has 1 rings (SSSR count). The Morgan fingerprint density at radius 1 is 1.71 bits per heavy atom. The predicted octanol–water partition coefficient (Wildman–Crippen LogP) is -0.230. The number of hydrogen-bond donors (Lipinski definition) is 2. The predicted molar refractivity (Wildman–Crippen MR) is 51.5 cm³/mol. The highest BCUT2D eigenvalue weighted by molar-refractivity contribution is 5.76. The minimum atomic E-state index is -0.180. The molecule has 0 aliphatic carbocycles. The third-order valence-electron chi connectivity index (χ3n) is 1.81. The van der Waals surface area contributed by atoms with Crippen molar-refractivity contribution in [3.63, 3.8) is 0 Å². The van der Waals surface area contributed by atoms with Gasteiger partial charge in [-0.3, -0.25) is 9.48 Å². The molecule has 0 aliphatic rings. The molecule has 14 heavy (non-hydrogen) atoms.